The van der Waals surface area contributed by atoms with Crippen molar-refractivity contribution in [2.24, 2.45) is 0 Å². The van der Waals surface area contributed by atoms with Crippen LogP contribution in [-0.4, -0.2) is 15.0 Å². The highest BCUT2D eigenvalue weighted by molar-refractivity contribution is 7.19. The first-order chi connectivity index (χ1) is 8.25. The van der Waals surface area contributed by atoms with Crippen LogP contribution in [0.5, 0.6) is 0 Å². The lowest BCUT2D eigenvalue weighted by Crippen LogP contribution is -1.88. The zero-order chi connectivity index (χ0) is 11.8. The van der Waals surface area contributed by atoms with Crippen LogP contribution in [0, 0.1) is 6.92 Å². The number of aryl methyl sites for hydroxylation is 1. The first-order valence-electron chi connectivity index (χ1n) is 5.08. The molecule has 0 saturated carbocycles. The van der Waals surface area contributed by atoms with Gasteiger partial charge in [-0.05, 0) is 19.1 Å². The fourth-order valence-electron chi connectivity index (χ4n) is 1.61. The summed E-state index contributed by atoms with van der Waals surface area (Å²) in [7, 11) is 0. The molecule has 3 aromatic heterocycles. The molecule has 5 heteroatoms. The van der Waals surface area contributed by atoms with Gasteiger partial charge in [-0.2, -0.15) is 0 Å². The first kappa shape index (κ1) is 10.6. The fourth-order valence-corrected chi connectivity index (χ4v) is 2.80. The minimum absolute atomic E-state index is 0.684. The molecule has 0 spiro atoms. The Hall–Kier alpha value is -1.52. The van der Waals surface area contributed by atoms with E-state index in [1.807, 2.05) is 19.1 Å². The summed E-state index contributed by atoms with van der Waals surface area (Å²) in [5, 5.41) is 1.67. The van der Waals surface area contributed by atoms with Crippen LogP contribution in [-0.2, 0) is 0 Å². The lowest BCUT2D eigenvalue weighted by Gasteiger charge is -1.98. The Labute approximate surface area is 107 Å². The fraction of sp³-hybridized carbons (Fsp3) is 0.0833. The highest BCUT2D eigenvalue weighted by Crippen LogP contribution is 2.33. The van der Waals surface area contributed by atoms with Gasteiger partial charge in [-0.3, -0.25) is 4.98 Å². The summed E-state index contributed by atoms with van der Waals surface area (Å²) in [6.07, 6.45) is 5.26. The average molecular weight is 262 g/mol. The molecule has 0 N–H and O–H groups in total. The Balaban J connectivity index is 2.21. The summed E-state index contributed by atoms with van der Waals surface area (Å²) in [4.78, 5) is 14.9. The molecule has 3 heterocycles. The number of hydrogen-bond acceptors (Lipinski definition) is 4. The van der Waals surface area contributed by atoms with Crippen LogP contribution in [0.25, 0.3) is 21.6 Å². The van der Waals surface area contributed by atoms with Gasteiger partial charge in [-0.1, -0.05) is 11.6 Å². The molecule has 0 fully saturated rings. The second kappa shape index (κ2) is 4.05. The van der Waals surface area contributed by atoms with Crippen molar-refractivity contribution in [2.75, 3.05) is 0 Å². The Morgan fingerprint density at radius 3 is 2.94 bits per heavy atom. The van der Waals surface area contributed by atoms with Crippen LogP contribution in [0.1, 0.15) is 4.88 Å². The SMILES string of the molecule is Cc1sc2nc(-c3cccnc3)ncc2c1Cl. The average Bonchev–Trinajstić information content (AvgIpc) is 2.66. The highest BCUT2D eigenvalue weighted by Gasteiger charge is 2.10. The molecule has 0 aliphatic carbocycles. The topological polar surface area (TPSA) is 38.7 Å². The van der Waals surface area contributed by atoms with Crippen molar-refractivity contribution in [2.45, 2.75) is 6.92 Å². The van der Waals surface area contributed by atoms with E-state index in [9.17, 15) is 0 Å². The summed E-state index contributed by atoms with van der Waals surface area (Å²) in [5.41, 5.74) is 0.913. The zero-order valence-corrected chi connectivity index (χ0v) is 10.6. The van der Waals surface area contributed by atoms with Gasteiger partial charge in [-0.25, -0.2) is 9.97 Å². The van der Waals surface area contributed by atoms with E-state index in [0.717, 1.165) is 25.7 Å². The number of pyridine rings is 1. The largest absolute Gasteiger partial charge is 0.264 e. The molecule has 0 saturated heterocycles. The quantitative estimate of drug-likeness (QED) is 0.670. The summed E-state index contributed by atoms with van der Waals surface area (Å²) in [6, 6.07) is 3.81. The van der Waals surface area contributed by atoms with Crippen LogP contribution in [0.2, 0.25) is 5.02 Å². The number of rotatable bonds is 1. The molecule has 0 radical (unpaired) electrons. The van der Waals surface area contributed by atoms with Gasteiger partial charge in [0.2, 0.25) is 0 Å². The Morgan fingerprint density at radius 2 is 2.18 bits per heavy atom. The van der Waals surface area contributed by atoms with Crippen molar-refractivity contribution in [3.05, 3.63) is 40.6 Å². The first-order valence-corrected chi connectivity index (χ1v) is 6.27. The molecule has 3 rings (SSSR count). The maximum Gasteiger partial charge on any atom is 0.162 e. The van der Waals surface area contributed by atoms with Gasteiger partial charge in [0.25, 0.3) is 0 Å². The lowest BCUT2D eigenvalue weighted by atomic mass is 10.2. The lowest BCUT2D eigenvalue weighted by molar-refractivity contribution is 1.21. The molecule has 0 aliphatic rings. The molecule has 84 valence electrons. The third-order valence-corrected chi connectivity index (χ3v) is 4.08. The van der Waals surface area contributed by atoms with E-state index in [1.165, 1.54) is 0 Å². The molecule has 17 heavy (non-hydrogen) atoms. The molecular formula is C12H8ClN3S. The predicted molar refractivity (Wildman–Crippen MR) is 70.4 cm³/mol. The van der Waals surface area contributed by atoms with Crippen molar-refractivity contribution in [3.8, 4) is 11.4 Å². The number of nitrogens with zero attached hydrogens (tertiary/aromatic N) is 3. The van der Waals surface area contributed by atoms with E-state index in [1.54, 1.807) is 29.9 Å². The molecule has 0 atom stereocenters. The van der Waals surface area contributed by atoms with E-state index in [2.05, 4.69) is 15.0 Å². The number of hydrogen-bond donors (Lipinski definition) is 0. The van der Waals surface area contributed by atoms with Gasteiger partial charge in [0.05, 0.1) is 5.02 Å². The second-order valence-electron chi connectivity index (χ2n) is 3.63. The maximum absolute atomic E-state index is 6.16. The van der Waals surface area contributed by atoms with E-state index in [-0.39, 0.29) is 0 Å². The highest BCUT2D eigenvalue weighted by atomic mass is 35.5. The molecule has 0 amide bonds. The second-order valence-corrected chi connectivity index (χ2v) is 5.21. The number of aromatic nitrogens is 3. The van der Waals surface area contributed by atoms with Crippen LogP contribution in [0.15, 0.2) is 30.7 Å². The van der Waals surface area contributed by atoms with Crippen molar-refractivity contribution in [3.63, 3.8) is 0 Å². The smallest absolute Gasteiger partial charge is 0.162 e. The molecule has 0 aliphatic heterocycles. The number of thiophene rings is 1. The summed E-state index contributed by atoms with van der Waals surface area (Å²) >= 11 is 7.74. The zero-order valence-electron chi connectivity index (χ0n) is 9.01. The van der Waals surface area contributed by atoms with Gasteiger partial charge in [0, 0.05) is 34.4 Å². The van der Waals surface area contributed by atoms with Crippen molar-refractivity contribution >= 4 is 33.2 Å². The van der Waals surface area contributed by atoms with Crippen LogP contribution in [0.4, 0.5) is 0 Å². The molecule has 3 nitrogen and oxygen atoms in total. The van der Waals surface area contributed by atoms with Gasteiger partial charge in [0.15, 0.2) is 5.82 Å². The number of fused-ring (bicyclic) bond motifs is 1. The van der Waals surface area contributed by atoms with Crippen molar-refractivity contribution in [1.29, 1.82) is 0 Å². The van der Waals surface area contributed by atoms with Crippen LogP contribution in [0.3, 0.4) is 0 Å². The predicted octanol–water partition coefficient (Wildman–Crippen LogP) is 3.72. The van der Waals surface area contributed by atoms with Gasteiger partial charge in [-0.15, -0.1) is 11.3 Å². The van der Waals surface area contributed by atoms with Gasteiger partial charge < -0.3 is 0 Å². The van der Waals surface area contributed by atoms with Crippen molar-refractivity contribution in [1.82, 2.24) is 15.0 Å². The Bertz CT molecular complexity index is 679. The van der Waals surface area contributed by atoms with E-state index in [0.29, 0.717) is 5.82 Å². The normalized spacial score (nSPS) is 10.9. The molecule has 0 aromatic carbocycles. The van der Waals surface area contributed by atoms with Gasteiger partial charge >= 0.3 is 0 Å². The Morgan fingerprint density at radius 1 is 1.29 bits per heavy atom. The molecule has 3 aromatic rings. The van der Waals surface area contributed by atoms with E-state index in [4.69, 9.17) is 11.6 Å². The molecule has 0 bridgehead atoms. The van der Waals surface area contributed by atoms with E-state index < -0.39 is 0 Å². The summed E-state index contributed by atoms with van der Waals surface area (Å²) < 4.78 is 0. The van der Waals surface area contributed by atoms with Crippen LogP contribution < -0.4 is 0 Å². The standard InChI is InChI=1S/C12H8ClN3S/c1-7-10(13)9-6-15-11(16-12(9)17-7)8-3-2-4-14-5-8/h2-6H,1H3. The Kier molecular flexibility index (Phi) is 2.53. The third kappa shape index (κ3) is 1.79. The third-order valence-electron chi connectivity index (χ3n) is 2.47. The summed E-state index contributed by atoms with van der Waals surface area (Å²) in [5.74, 6) is 0.684. The van der Waals surface area contributed by atoms with Gasteiger partial charge in [0.1, 0.15) is 4.83 Å². The van der Waals surface area contributed by atoms with Crippen molar-refractivity contribution < 1.29 is 0 Å². The number of halogens is 1. The monoisotopic (exact) mass is 261 g/mol. The minimum Gasteiger partial charge on any atom is -0.264 e. The molecular weight excluding hydrogens is 254 g/mol. The van der Waals surface area contributed by atoms with Crippen LogP contribution >= 0.6 is 22.9 Å². The minimum atomic E-state index is 0.684. The molecule has 0 unspecified atom stereocenters. The summed E-state index contributed by atoms with van der Waals surface area (Å²) in [6.45, 7) is 1.98. The maximum atomic E-state index is 6.16. The van der Waals surface area contributed by atoms with E-state index >= 15 is 0 Å².